The molecule has 2 heterocycles. The predicted molar refractivity (Wildman–Crippen MR) is 88.6 cm³/mol. The number of carbonyl (C=O) groups excluding carboxylic acids is 3. The summed E-state index contributed by atoms with van der Waals surface area (Å²) in [5.41, 5.74) is -0.128. The summed E-state index contributed by atoms with van der Waals surface area (Å²) >= 11 is 0. The molecule has 3 aliphatic rings. The minimum atomic E-state index is -0.553. The highest BCUT2D eigenvalue weighted by molar-refractivity contribution is 6.10. The van der Waals surface area contributed by atoms with Gasteiger partial charge in [-0.15, -0.1) is 0 Å². The quantitative estimate of drug-likeness (QED) is 0.622. The van der Waals surface area contributed by atoms with Crippen molar-refractivity contribution in [1.29, 1.82) is 0 Å². The lowest BCUT2D eigenvalue weighted by Gasteiger charge is -2.30. The smallest absolute Gasteiger partial charge is 0.236 e. The number of ketones is 1. The highest BCUT2D eigenvalue weighted by Gasteiger charge is 2.51. The number of hydrogen-bond donors (Lipinski definition) is 0. The molecule has 1 aromatic carbocycles. The maximum atomic E-state index is 12.8. The topological polar surface area (TPSA) is 72.9 Å². The van der Waals surface area contributed by atoms with Crippen LogP contribution in [0.5, 0.6) is 11.5 Å². The second kappa shape index (κ2) is 6.17. The first-order valence-corrected chi connectivity index (χ1v) is 8.87. The number of nitrogens with zero attached hydrogens (tertiary/aromatic N) is 1. The fourth-order valence-electron chi connectivity index (χ4n) is 4.09. The van der Waals surface area contributed by atoms with Gasteiger partial charge >= 0.3 is 0 Å². The van der Waals surface area contributed by atoms with Crippen LogP contribution in [0.25, 0.3) is 0 Å². The fraction of sp³-hybridized carbons (Fsp3) is 0.526. The molecule has 0 radical (unpaired) electrons. The van der Waals surface area contributed by atoms with Gasteiger partial charge in [-0.1, -0.05) is 19.3 Å². The van der Waals surface area contributed by atoms with Gasteiger partial charge in [-0.05, 0) is 31.0 Å². The van der Waals surface area contributed by atoms with Gasteiger partial charge < -0.3 is 9.47 Å². The molecule has 0 N–H and O–H groups in total. The largest absolute Gasteiger partial charge is 0.486 e. The summed E-state index contributed by atoms with van der Waals surface area (Å²) in [7, 11) is 0. The Hall–Kier alpha value is -2.37. The van der Waals surface area contributed by atoms with E-state index < -0.39 is 5.41 Å². The molecular weight excluding hydrogens is 322 g/mol. The third-order valence-electron chi connectivity index (χ3n) is 5.47. The standard InChI is InChI=1S/C19H21NO5/c21-14(13-4-5-15-16(10-13)25-9-8-24-15)12-20-17(22)11-19(18(20)23)6-2-1-3-7-19/h4-5,10H,1-3,6-9,11-12H2. The maximum Gasteiger partial charge on any atom is 0.236 e. The van der Waals surface area contributed by atoms with Gasteiger partial charge in [0, 0.05) is 12.0 Å². The van der Waals surface area contributed by atoms with Crippen molar-refractivity contribution < 1.29 is 23.9 Å². The molecule has 25 heavy (non-hydrogen) atoms. The van der Waals surface area contributed by atoms with Crippen molar-refractivity contribution in [2.45, 2.75) is 38.5 Å². The second-order valence-corrected chi connectivity index (χ2v) is 7.08. The summed E-state index contributed by atoms with van der Waals surface area (Å²) in [6.07, 6.45) is 4.82. The summed E-state index contributed by atoms with van der Waals surface area (Å²) < 4.78 is 10.9. The molecule has 2 fully saturated rings. The number of benzene rings is 1. The Labute approximate surface area is 146 Å². The Morgan fingerprint density at radius 3 is 2.52 bits per heavy atom. The van der Waals surface area contributed by atoms with Crippen LogP contribution in [-0.4, -0.2) is 42.3 Å². The van der Waals surface area contributed by atoms with Crippen LogP contribution in [0, 0.1) is 5.41 Å². The third-order valence-corrected chi connectivity index (χ3v) is 5.47. The molecule has 1 aromatic rings. The monoisotopic (exact) mass is 343 g/mol. The molecule has 1 spiro atoms. The van der Waals surface area contributed by atoms with Gasteiger partial charge in [0.1, 0.15) is 13.2 Å². The van der Waals surface area contributed by atoms with Gasteiger partial charge in [0.15, 0.2) is 17.3 Å². The number of carbonyl (C=O) groups is 3. The lowest BCUT2D eigenvalue weighted by molar-refractivity contribution is -0.141. The molecule has 0 unspecified atom stereocenters. The Kier molecular flexibility index (Phi) is 3.98. The van der Waals surface area contributed by atoms with E-state index in [1.165, 1.54) is 0 Å². The summed E-state index contributed by atoms with van der Waals surface area (Å²) in [5.74, 6) is 0.490. The molecular formula is C19H21NO5. The average Bonchev–Trinajstić information content (AvgIpc) is 2.86. The summed E-state index contributed by atoms with van der Waals surface area (Å²) in [5, 5.41) is 0. The Balaban J connectivity index is 1.51. The van der Waals surface area contributed by atoms with Gasteiger partial charge in [-0.2, -0.15) is 0 Å². The molecule has 1 saturated heterocycles. The maximum absolute atomic E-state index is 12.8. The van der Waals surface area contributed by atoms with Crippen molar-refractivity contribution in [1.82, 2.24) is 4.90 Å². The van der Waals surface area contributed by atoms with E-state index in [0.717, 1.165) is 37.0 Å². The summed E-state index contributed by atoms with van der Waals surface area (Å²) in [4.78, 5) is 38.9. The molecule has 0 aromatic heterocycles. The lowest BCUT2D eigenvalue weighted by Crippen LogP contribution is -2.39. The third kappa shape index (κ3) is 2.79. The van der Waals surface area contributed by atoms with Gasteiger partial charge in [0.2, 0.25) is 11.8 Å². The number of imide groups is 1. The van der Waals surface area contributed by atoms with Gasteiger partial charge in [-0.25, -0.2) is 0 Å². The molecule has 2 aliphatic heterocycles. The van der Waals surface area contributed by atoms with E-state index in [2.05, 4.69) is 0 Å². The zero-order chi connectivity index (χ0) is 17.4. The molecule has 0 atom stereocenters. The average molecular weight is 343 g/mol. The van der Waals surface area contributed by atoms with Crippen molar-refractivity contribution in [3.8, 4) is 11.5 Å². The van der Waals surface area contributed by atoms with Crippen LogP contribution in [0.3, 0.4) is 0 Å². The van der Waals surface area contributed by atoms with Crippen molar-refractivity contribution in [3.05, 3.63) is 23.8 Å². The normalized spacial score (nSPS) is 21.7. The number of fused-ring (bicyclic) bond motifs is 1. The van der Waals surface area contributed by atoms with Crippen molar-refractivity contribution in [2.24, 2.45) is 5.41 Å². The first kappa shape index (κ1) is 16.1. The molecule has 1 aliphatic carbocycles. The van der Waals surface area contributed by atoms with E-state index in [9.17, 15) is 14.4 Å². The zero-order valence-electron chi connectivity index (χ0n) is 14.1. The van der Waals surface area contributed by atoms with Crippen molar-refractivity contribution in [2.75, 3.05) is 19.8 Å². The van der Waals surface area contributed by atoms with E-state index in [1.54, 1.807) is 18.2 Å². The van der Waals surface area contributed by atoms with Crippen molar-refractivity contribution in [3.63, 3.8) is 0 Å². The van der Waals surface area contributed by atoms with Crippen LogP contribution in [0.4, 0.5) is 0 Å². The van der Waals surface area contributed by atoms with E-state index >= 15 is 0 Å². The Morgan fingerprint density at radius 2 is 1.76 bits per heavy atom. The first-order chi connectivity index (χ1) is 12.1. The number of Topliss-reactive ketones (excluding diaryl/α,β-unsaturated/α-hetero) is 1. The Bertz CT molecular complexity index is 735. The SMILES string of the molecule is O=C(CN1C(=O)CC2(CCCCC2)C1=O)c1ccc2c(c1)OCCO2. The number of hydrogen-bond acceptors (Lipinski definition) is 5. The number of rotatable bonds is 3. The highest BCUT2D eigenvalue weighted by atomic mass is 16.6. The van der Waals surface area contributed by atoms with E-state index in [-0.39, 0.29) is 30.6 Å². The van der Waals surface area contributed by atoms with Crippen LogP contribution >= 0.6 is 0 Å². The number of amides is 2. The van der Waals surface area contributed by atoms with Crippen LogP contribution < -0.4 is 9.47 Å². The summed E-state index contributed by atoms with van der Waals surface area (Å²) in [6.45, 7) is 0.731. The molecule has 4 rings (SSSR count). The second-order valence-electron chi connectivity index (χ2n) is 7.08. The molecule has 2 amide bonds. The molecule has 1 saturated carbocycles. The predicted octanol–water partition coefficient (Wildman–Crippen LogP) is 2.35. The minimum Gasteiger partial charge on any atom is -0.486 e. The van der Waals surface area contributed by atoms with Crippen molar-refractivity contribution >= 4 is 17.6 Å². The molecule has 0 bridgehead atoms. The first-order valence-electron chi connectivity index (χ1n) is 8.87. The van der Waals surface area contributed by atoms with Gasteiger partial charge in [0.05, 0.1) is 12.0 Å². The lowest BCUT2D eigenvalue weighted by atomic mass is 9.73. The Morgan fingerprint density at radius 1 is 1.04 bits per heavy atom. The van der Waals surface area contributed by atoms with Crippen LogP contribution in [0.15, 0.2) is 18.2 Å². The van der Waals surface area contributed by atoms with Gasteiger partial charge in [0.25, 0.3) is 0 Å². The highest BCUT2D eigenvalue weighted by Crippen LogP contribution is 2.45. The van der Waals surface area contributed by atoms with Crippen LogP contribution in [0.1, 0.15) is 48.9 Å². The van der Waals surface area contributed by atoms with Crippen LogP contribution in [0.2, 0.25) is 0 Å². The summed E-state index contributed by atoms with van der Waals surface area (Å²) in [6, 6.07) is 4.97. The zero-order valence-corrected chi connectivity index (χ0v) is 14.1. The van der Waals surface area contributed by atoms with E-state index in [4.69, 9.17) is 9.47 Å². The molecule has 132 valence electrons. The minimum absolute atomic E-state index is 0.164. The molecule has 6 heteroatoms. The fourth-order valence-corrected chi connectivity index (χ4v) is 4.09. The molecule has 6 nitrogen and oxygen atoms in total. The number of likely N-dealkylation sites (tertiary alicyclic amines) is 1. The van der Waals surface area contributed by atoms with E-state index in [1.807, 2.05) is 0 Å². The van der Waals surface area contributed by atoms with E-state index in [0.29, 0.717) is 30.3 Å². The van der Waals surface area contributed by atoms with Crippen LogP contribution in [-0.2, 0) is 9.59 Å². The number of ether oxygens (including phenoxy) is 2. The van der Waals surface area contributed by atoms with Gasteiger partial charge in [-0.3, -0.25) is 19.3 Å².